The number of nitrogens with zero attached hydrogens (tertiary/aromatic N) is 2. The number of hydrogen-bond donors (Lipinski definition) is 2. The van der Waals surface area contributed by atoms with Gasteiger partial charge in [0.2, 0.25) is 0 Å². The lowest BCUT2D eigenvalue weighted by atomic mass is 9.99. The highest BCUT2D eigenvalue weighted by Crippen LogP contribution is 2.51. The summed E-state index contributed by atoms with van der Waals surface area (Å²) in [6.07, 6.45) is 3.56. The van der Waals surface area contributed by atoms with E-state index in [1.807, 2.05) is 6.20 Å². The van der Waals surface area contributed by atoms with Crippen LogP contribution in [0.4, 0.5) is 5.69 Å². The van der Waals surface area contributed by atoms with Gasteiger partial charge in [-0.1, -0.05) is 0 Å². The maximum Gasteiger partial charge on any atom is 0.263 e. The molecule has 0 spiro atoms. The summed E-state index contributed by atoms with van der Waals surface area (Å²) in [6, 6.07) is 0. The van der Waals surface area contributed by atoms with Gasteiger partial charge in [-0.25, -0.2) is 0 Å². The van der Waals surface area contributed by atoms with Gasteiger partial charge in [0.1, 0.15) is 17.2 Å². The molecule has 1 amide bonds. The van der Waals surface area contributed by atoms with Gasteiger partial charge >= 0.3 is 0 Å². The van der Waals surface area contributed by atoms with Gasteiger partial charge in [0.15, 0.2) is 5.75 Å². The molecule has 0 unspecified atom stereocenters. The van der Waals surface area contributed by atoms with Gasteiger partial charge in [-0.05, 0) is 6.92 Å². The number of carbonyl (C=O) groups is 1. The number of aromatic amines is 1. The number of methoxy groups -OCH3 is 1. The van der Waals surface area contributed by atoms with Crippen LogP contribution in [0.3, 0.4) is 0 Å². The molecule has 8 heteroatoms. The SMILES string of the molecule is COC[C@]1(C)CNC(=O)c2sc(-c3cn[nH]c3)c3c2N1CCO3. The number of nitrogens with one attached hydrogen (secondary N) is 2. The Morgan fingerprint density at radius 3 is 3.13 bits per heavy atom. The lowest BCUT2D eigenvalue weighted by Gasteiger charge is -2.43. The highest BCUT2D eigenvalue weighted by Gasteiger charge is 2.43. The third-order valence-electron chi connectivity index (χ3n) is 4.38. The standard InChI is InChI=1S/C15H18N4O3S/c1-15(8-21-2)7-16-14(20)13-10-11(22-4-3-19(10)15)12(23-13)9-5-17-18-6-9/h5-6H,3-4,7-8H2,1-2H3,(H,16,20)(H,17,18)/t15-/m0/s1. The van der Waals surface area contributed by atoms with E-state index in [0.717, 1.165) is 28.4 Å². The highest BCUT2D eigenvalue weighted by atomic mass is 32.1. The summed E-state index contributed by atoms with van der Waals surface area (Å²) in [5.41, 5.74) is 1.51. The molecular weight excluding hydrogens is 316 g/mol. The zero-order chi connectivity index (χ0) is 16.0. The first-order chi connectivity index (χ1) is 11.1. The Morgan fingerprint density at radius 1 is 1.52 bits per heavy atom. The molecule has 0 fully saturated rings. The average molecular weight is 334 g/mol. The van der Waals surface area contributed by atoms with Gasteiger partial charge in [0, 0.05) is 25.4 Å². The minimum Gasteiger partial charge on any atom is -0.488 e. The van der Waals surface area contributed by atoms with Crippen molar-refractivity contribution in [2.24, 2.45) is 0 Å². The largest absolute Gasteiger partial charge is 0.488 e. The van der Waals surface area contributed by atoms with E-state index in [9.17, 15) is 4.79 Å². The summed E-state index contributed by atoms with van der Waals surface area (Å²) < 4.78 is 11.4. The monoisotopic (exact) mass is 334 g/mol. The summed E-state index contributed by atoms with van der Waals surface area (Å²) in [4.78, 5) is 16.4. The summed E-state index contributed by atoms with van der Waals surface area (Å²) in [5, 5.41) is 9.85. The Labute approximate surface area is 137 Å². The molecule has 1 atom stereocenters. The first kappa shape index (κ1) is 14.5. The fourth-order valence-corrected chi connectivity index (χ4v) is 4.43. The van der Waals surface area contributed by atoms with Crippen molar-refractivity contribution in [3.63, 3.8) is 0 Å². The molecule has 122 valence electrons. The number of ether oxygens (including phenoxy) is 2. The molecule has 2 aliphatic heterocycles. The zero-order valence-electron chi connectivity index (χ0n) is 13.0. The minimum atomic E-state index is -0.303. The van der Waals surface area contributed by atoms with Gasteiger partial charge < -0.3 is 19.7 Å². The van der Waals surface area contributed by atoms with Crippen molar-refractivity contribution in [3.05, 3.63) is 17.3 Å². The summed E-state index contributed by atoms with van der Waals surface area (Å²) in [7, 11) is 1.69. The maximum atomic E-state index is 12.6. The van der Waals surface area contributed by atoms with E-state index in [0.29, 0.717) is 24.6 Å². The van der Waals surface area contributed by atoms with Crippen LogP contribution >= 0.6 is 11.3 Å². The van der Waals surface area contributed by atoms with Crippen LogP contribution < -0.4 is 15.0 Å². The van der Waals surface area contributed by atoms with Crippen molar-refractivity contribution in [1.82, 2.24) is 15.5 Å². The number of amides is 1. The van der Waals surface area contributed by atoms with Crippen LogP contribution in [-0.2, 0) is 4.74 Å². The van der Waals surface area contributed by atoms with Gasteiger partial charge in [-0.2, -0.15) is 5.10 Å². The topological polar surface area (TPSA) is 79.5 Å². The summed E-state index contributed by atoms with van der Waals surface area (Å²) in [5.74, 6) is 0.716. The van der Waals surface area contributed by atoms with Gasteiger partial charge in [-0.3, -0.25) is 9.89 Å². The van der Waals surface area contributed by atoms with E-state index in [1.165, 1.54) is 11.3 Å². The van der Waals surface area contributed by atoms with Crippen LogP contribution in [-0.4, -0.2) is 55.1 Å². The number of hydrogen-bond acceptors (Lipinski definition) is 6. The van der Waals surface area contributed by atoms with Crippen LogP contribution in [0.1, 0.15) is 16.6 Å². The lowest BCUT2D eigenvalue weighted by molar-refractivity contribution is 0.0931. The first-order valence-corrected chi connectivity index (χ1v) is 8.29. The second kappa shape index (κ2) is 5.24. The number of anilines is 1. The van der Waals surface area contributed by atoms with Crippen LogP contribution in [0.25, 0.3) is 10.4 Å². The average Bonchev–Trinajstić information content (AvgIpc) is 3.17. The fraction of sp³-hybridized carbons (Fsp3) is 0.467. The third kappa shape index (κ3) is 2.13. The molecule has 2 aromatic heterocycles. The number of rotatable bonds is 3. The number of aromatic nitrogens is 2. The van der Waals surface area contributed by atoms with E-state index >= 15 is 0 Å². The van der Waals surface area contributed by atoms with E-state index in [4.69, 9.17) is 9.47 Å². The summed E-state index contributed by atoms with van der Waals surface area (Å²) in [6.45, 7) is 4.50. The first-order valence-electron chi connectivity index (χ1n) is 7.47. The predicted octanol–water partition coefficient (Wildman–Crippen LogP) is 1.49. The Bertz CT molecular complexity index is 742. The van der Waals surface area contributed by atoms with Gasteiger partial charge in [-0.15, -0.1) is 11.3 Å². The van der Waals surface area contributed by atoms with Gasteiger partial charge in [0.05, 0.1) is 29.8 Å². The molecule has 4 rings (SSSR count). The molecule has 23 heavy (non-hydrogen) atoms. The quantitative estimate of drug-likeness (QED) is 0.889. The van der Waals surface area contributed by atoms with Crippen molar-refractivity contribution < 1.29 is 14.3 Å². The Morgan fingerprint density at radius 2 is 2.39 bits per heavy atom. The molecule has 0 saturated carbocycles. The highest BCUT2D eigenvalue weighted by molar-refractivity contribution is 7.18. The molecule has 2 N–H and O–H groups in total. The number of thiophene rings is 1. The van der Waals surface area contributed by atoms with Gasteiger partial charge in [0.25, 0.3) is 5.91 Å². The van der Waals surface area contributed by atoms with E-state index in [2.05, 4.69) is 27.3 Å². The fourth-order valence-electron chi connectivity index (χ4n) is 3.28. The molecule has 0 aromatic carbocycles. The molecular formula is C15H18N4O3S. The molecule has 4 heterocycles. The molecule has 2 aliphatic rings. The predicted molar refractivity (Wildman–Crippen MR) is 87.4 cm³/mol. The van der Waals surface area contributed by atoms with E-state index in [-0.39, 0.29) is 11.4 Å². The molecule has 0 radical (unpaired) electrons. The smallest absolute Gasteiger partial charge is 0.263 e. The summed E-state index contributed by atoms with van der Waals surface area (Å²) >= 11 is 1.45. The maximum absolute atomic E-state index is 12.6. The molecule has 0 bridgehead atoms. The van der Waals surface area contributed by atoms with Crippen molar-refractivity contribution in [1.29, 1.82) is 0 Å². The van der Waals surface area contributed by atoms with Crippen LogP contribution in [0, 0.1) is 0 Å². The van der Waals surface area contributed by atoms with E-state index in [1.54, 1.807) is 13.3 Å². The van der Waals surface area contributed by atoms with Crippen molar-refractivity contribution in [2.75, 3.05) is 38.3 Å². The van der Waals surface area contributed by atoms with Crippen molar-refractivity contribution in [3.8, 4) is 16.2 Å². The molecule has 2 aromatic rings. The second-order valence-electron chi connectivity index (χ2n) is 6.04. The van der Waals surface area contributed by atoms with Crippen molar-refractivity contribution in [2.45, 2.75) is 12.5 Å². The Hall–Kier alpha value is -2.06. The van der Waals surface area contributed by atoms with Crippen LogP contribution in [0.5, 0.6) is 5.75 Å². The van der Waals surface area contributed by atoms with E-state index < -0.39 is 0 Å². The van der Waals surface area contributed by atoms with Crippen LogP contribution in [0.2, 0.25) is 0 Å². The molecule has 0 aliphatic carbocycles. The zero-order valence-corrected chi connectivity index (χ0v) is 13.8. The Kier molecular flexibility index (Phi) is 3.31. The molecule has 0 saturated heterocycles. The molecule has 7 nitrogen and oxygen atoms in total. The number of carbonyl (C=O) groups excluding carboxylic acids is 1. The minimum absolute atomic E-state index is 0.0590. The normalized spacial score (nSPS) is 23.0. The van der Waals surface area contributed by atoms with Crippen LogP contribution in [0.15, 0.2) is 12.4 Å². The Balaban J connectivity index is 1.91. The van der Waals surface area contributed by atoms with Crippen molar-refractivity contribution >= 4 is 22.9 Å². The third-order valence-corrected chi connectivity index (χ3v) is 5.58. The lowest BCUT2D eigenvalue weighted by Crippen LogP contribution is -2.57. The number of H-pyrrole nitrogens is 1. The second-order valence-corrected chi connectivity index (χ2v) is 7.06.